The Balaban J connectivity index is 0.000000617. The van der Waals surface area contributed by atoms with Crippen LogP contribution in [0.25, 0.3) is 11.0 Å². The van der Waals surface area contributed by atoms with Crippen molar-refractivity contribution in [1.82, 2.24) is 39.4 Å². The van der Waals surface area contributed by atoms with Crippen LogP contribution in [0.1, 0.15) is 175 Å². The molecule has 0 bridgehead atoms. The van der Waals surface area contributed by atoms with E-state index >= 15 is 0 Å². The number of hydrogen-bond donors (Lipinski definition) is 15. The Labute approximate surface area is 534 Å². The molecular formula is C49H95Cl2N10O24P5. The number of phosphoric acid groups is 3. The topological polar surface area (TPSA) is 524 Å². The number of nitrogens with zero attached hydrogens (tertiary/aromatic N) is 6. The predicted octanol–water partition coefficient (Wildman–Crippen LogP) is 7.78. The molecule has 11 atom stereocenters. The zero-order valence-corrected chi connectivity index (χ0v) is 56.5. The number of hydrogen-bond acceptors (Lipinski definition) is 28. The van der Waals surface area contributed by atoms with Crippen LogP contribution >= 0.6 is 61.4 Å². The minimum Gasteiger partial charge on any atom is -0.393 e. The number of halogens is 2. The number of alkyl halides is 2. The van der Waals surface area contributed by atoms with Gasteiger partial charge in [0, 0.05) is 0 Å². The fourth-order valence-corrected chi connectivity index (χ4v) is 16.0. The SMILES string of the molecule is C.CCCCCCCC.CCCCCCCC.CCCCNP(NCCCC)(OO)(OOO)[P+](=O)[O-].Nc1ncnn2c([C@@H]3O[C@@](CO)(CCl)[C@@H](O)[C@H]3O)ccc12.Nc1ncnn2c([C@@H]3O[C@](CCl)(COP(=O)(O)OP(=O)(O)OP(=O)(O)O)[C@@H](O)[C@H]3O)ccc12. The van der Waals surface area contributed by atoms with Gasteiger partial charge in [0.1, 0.15) is 71.5 Å². The molecule has 0 saturated carbocycles. The zero-order chi connectivity index (χ0) is 67.3. The van der Waals surface area contributed by atoms with E-state index in [0.717, 1.165) is 19.2 Å². The maximum atomic E-state index is 12.0. The quantitative estimate of drug-likeness (QED) is 0.00697. The minimum absolute atomic E-state index is 0. The number of nitrogens with one attached hydrogen (secondary N) is 2. The second-order valence-corrected chi connectivity index (χ2v) is 31.9. The van der Waals surface area contributed by atoms with Gasteiger partial charge >= 0.3 is 135 Å². The number of ether oxygens (including phenoxy) is 2. The van der Waals surface area contributed by atoms with Crippen LogP contribution in [0.3, 0.4) is 0 Å². The summed E-state index contributed by atoms with van der Waals surface area (Å²) in [5.41, 5.74) is 9.67. The molecule has 4 aromatic rings. The van der Waals surface area contributed by atoms with Crippen molar-refractivity contribution in [2.45, 2.75) is 200 Å². The first kappa shape index (κ1) is 85.8. The van der Waals surface area contributed by atoms with Crippen molar-refractivity contribution in [2.75, 3.05) is 49.5 Å². The van der Waals surface area contributed by atoms with E-state index in [-0.39, 0.29) is 43.7 Å². The molecule has 2 fully saturated rings. The second kappa shape index (κ2) is 41.0. The second-order valence-electron chi connectivity index (χ2n) is 20.5. The summed E-state index contributed by atoms with van der Waals surface area (Å²) < 4.78 is 80.1. The van der Waals surface area contributed by atoms with Gasteiger partial charge in [0.15, 0.2) is 11.6 Å². The van der Waals surface area contributed by atoms with Crippen molar-refractivity contribution in [3.05, 3.63) is 48.3 Å². The molecule has 2 aliphatic rings. The van der Waals surface area contributed by atoms with Gasteiger partial charge < -0.3 is 66.0 Å². The van der Waals surface area contributed by atoms with Crippen LogP contribution in [-0.4, -0.2) is 158 Å². The number of unbranched alkanes of at least 4 members (excludes halogenated alkanes) is 12. The number of aliphatic hydroxyl groups is 5. The van der Waals surface area contributed by atoms with E-state index in [0.29, 0.717) is 29.6 Å². The summed E-state index contributed by atoms with van der Waals surface area (Å²) in [6.07, 6.45) is 14.0. The van der Waals surface area contributed by atoms with Crippen molar-refractivity contribution < 1.29 is 116 Å². The van der Waals surface area contributed by atoms with Gasteiger partial charge in [-0.25, -0.2) is 32.7 Å². The molecule has 2 saturated heterocycles. The smallest absolute Gasteiger partial charge is 0.393 e. The number of fused-ring (bicyclic) bond motifs is 2. The van der Waals surface area contributed by atoms with E-state index in [1.54, 1.807) is 12.1 Å². The maximum Gasteiger partial charge on any atom is 0.490 e. The average molecular weight is 1430 g/mol. The first-order valence-corrected chi connectivity index (χ1v) is 38.3. The van der Waals surface area contributed by atoms with Crippen LogP contribution in [0.5, 0.6) is 0 Å². The van der Waals surface area contributed by atoms with Gasteiger partial charge in [-0.1, -0.05) is 112 Å². The summed E-state index contributed by atoms with van der Waals surface area (Å²) in [5.74, 6) is -0.369. The number of phosphoric ester groups is 1. The van der Waals surface area contributed by atoms with Gasteiger partial charge in [0.05, 0.1) is 36.4 Å². The summed E-state index contributed by atoms with van der Waals surface area (Å²) in [6, 6.07) is 6.34. The van der Waals surface area contributed by atoms with Crippen molar-refractivity contribution in [2.24, 2.45) is 0 Å². The fraction of sp³-hybridized carbons (Fsp3) is 0.755. The third kappa shape index (κ3) is 24.4. The molecule has 3 unspecified atom stereocenters. The Morgan fingerprint density at radius 2 is 1.04 bits per heavy atom. The Bertz CT molecular complexity index is 2820. The summed E-state index contributed by atoms with van der Waals surface area (Å²) in [6.45, 7) is 11.6. The molecule has 0 spiro atoms. The van der Waals surface area contributed by atoms with Crippen molar-refractivity contribution in [1.29, 1.82) is 0 Å². The van der Waals surface area contributed by atoms with Crippen LogP contribution in [0.4, 0.5) is 11.6 Å². The largest absolute Gasteiger partial charge is 0.490 e. The van der Waals surface area contributed by atoms with E-state index in [1.165, 1.54) is 105 Å². The third-order valence-electron chi connectivity index (χ3n) is 13.7. The molecule has 4 aromatic heterocycles. The minimum atomic E-state index is -5.75. The molecule has 34 nitrogen and oxygen atoms in total. The molecule has 0 aliphatic carbocycles. The summed E-state index contributed by atoms with van der Waals surface area (Å²) >= 11 is 11.7. The monoisotopic (exact) mass is 1430 g/mol. The normalized spacial score (nSPS) is 23.5. The van der Waals surface area contributed by atoms with E-state index in [1.807, 2.05) is 13.8 Å². The Morgan fingerprint density at radius 3 is 1.37 bits per heavy atom. The molecule has 41 heteroatoms. The molecule has 90 heavy (non-hydrogen) atoms. The summed E-state index contributed by atoms with van der Waals surface area (Å²) in [7, 11) is -25.2. The summed E-state index contributed by atoms with van der Waals surface area (Å²) in [4.78, 5) is 55.2. The predicted molar refractivity (Wildman–Crippen MR) is 334 cm³/mol. The number of nitrogen functional groups attached to an aromatic ring is 2. The number of rotatable bonds is 34. The Kier molecular flexibility index (Phi) is 39.1. The molecule has 6 rings (SSSR count). The van der Waals surface area contributed by atoms with Crippen molar-refractivity contribution in [3.8, 4) is 0 Å². The van der Waals surface area contributed by atoms with Gasteiger partial charge in [0.2, 0.25) is 0 Å². The first-order valence-electron chi connectivity index (χ1n) is 28.7. The molecule has 17 N–H and O–H groups in total. The van der Waals surface area contributed by atoms with Gasteiger partial charge in [0.25, 0.3) is 0 Å². The third-order valence-corrected chi connectivity index (χ3v) is 24.2. The fourth-order valence-electron chi connectivity index (χ4n) is 8.66. The van der Waals surface area contributed by atoms with E-state index in [9.17, 15) is 58.5 Å². The molecule has 2 aliphatic heterocycles. The zero-order valence-electron chi connectivity index (χ0n) is 50.5. The van der Waals surface area contributed by atoms with E-state index in [2.05, 4.69) is 85.6 Å². The van der Waals surface area contributed by atoms with Crippen molar-refractivity contribution in [3.63, 3.8) is 0 Å². The van der Waals surface area contributed by atoms with Crippen LogP contribution in [-0.2, 0) is 55.3 Å². The van der Waals surface area contributed by atoms with Crippen LogP contribution in [0, 0.1) is 0 Å². The molecule has 6 heterocycles. The molecule has 524 valence electrons. The Hall–Kier alpha value is -2.24. The number of aliphatic hydroxyl groups excluding tert-OH is 5. The average Bonchev–Trinajstić information content (AvgIpc) is 1.41. The number of anilines is 2. The maximum absolute atomic E-state index is 12.0. The van der Waals surface area contributed by atoms with Gasteiger partial charge in [-0.2, -0.15) is 18.8 Å². The van der Waals surface area contributed by atoms with Crippen LogP contribution in [0.2, 0.25) is 0 Å². The van der Waals surface area contributed by atoms with Crippen LogP contribution in [0.15, 0.2) is 36.9 Å². The Morgan fingerprint density at radius 1 is 0.656 bits per heavy atom. The number of nitrogens with two attached hydrogens (primary N) is 2. The van der Waals surface area contributed by atoms with Gasteiger partial charge in [-0.05, 0) is 24.3 Å². The van der Waals surface area contributed by atoms with Crippen molar-refractivity contribution >= 4 is 84.1 Å². The van der Waals surface area contributed by atoms with Gasteiger partial charge in [-0.15, -0.1) is 23.2 Å². The molecule has 0 aromatic carbocycles. The summed E-state index contributed by atoms with van der Waals surface area (Å²) in [5, 5.41) is 84.9. The standard InChI is InChI=1S/C12H18ClN4O13P3.C12H15ClN4O4.C8H22N2O7P2.2C8H18.CH4/c13-3-12(4-27-32(23,24)30-33(25,26)29-31(20,21)22)10(19)8(18)9(28-12)6-1-2-7-11(14)15-5-16-17(6)7;13-3-12(4-18)10(20)8(19)9(21-12)6-1-2-7-11(14)15-5-16-17(6)7;1-3-5-7-9-19(16-12,17-15-11,18(13)14)10-8-6-4-2;2*1-3-5-7-8-6-4-2;/h1-2,5,8-10,18-19H,3-4H2,(H,23,24)(H,25,26)(H2,14,15,16)(H2,20,21,22);1-2,5,8-10,18-20H,3-4H2,(H2,14,15,16);9-12H,3-8H2,1-2H3;2*3-8H2,1-2H3;1H4/t2*8-,9-,10-,12+;;;;/m00..../s1. The molecule has 0 amide bonds. The number of aromatic nitrogens is 6. The molecular weight excluding hydrogens is 1340 g/mol. The van der Waals surface area contributed by atoms with E-state index in [4.69, 9.17) is 64.4 Å². The first-order chi connectivity index (χ1) is 42.0. The van der Waals surface area contributed by atoms with Crippen LogP contribution < -0.4 is 26.5 Å². The van der Waals surface area contributed by atoms with E-state index < -0.39 is 105 Å². The van der Waals surface area contributed by atoms with Gasteiger partial charge in [-0.3, -0.25) is 4.52 Å². The molecule has 0 radical (unpaired) electrons.